The maximum absolute atomic E-state index is 12.9. The van der Waals surface area contributed by atoms with Gasteiger partial charge in [-0.25, -0.2) is 4.39 Å². The summed E-state index contributed by atoms with van der Waals surface area (Å²) in [5.74, 6) is -0.134. The van der Waals surface area contributed by atoms with Gasteiger partial charge in [-0.15, -0.1) is 12.4 Å². The standard InChI is InChI=1S/C15H22FNO3.ClH/c1-9(2)14(11(4)19-15(18)10(3)17)20-13-7-5-12(16)6-8-13;/h5-11,14H,17H2,1-4H3;1H/t10-,11-,14+;/m0./s1. The number of ether oxygens (including phenoxy) is 2. The van der Waals surface area contributed by atoms with Crippen LogP contribution in [0.3, 0.4) is 0 Å². The summed E-state index contributed by atoms with van der Waals surface area (Å²) in [5, 5.41) is 0. The van der Waals surface area contributed by atoms with Crippen molar-refractivity contribution in [3.8, 4) is 5.75 Å². The number of benzene rings is 1. The Morgan fingerprint density at radius 3 is 2.10 bits per heavy atom. The predicted octanol–water partition coefficient (Wildman–Crippen LogP) is 2.93. The molecule has 0 spiro atoms. The van der Waals surface area contributed by atoms with Crippen LogP contribution < -0.4 is 10.5 Å². The van der Waals surface area contributed by atoms with E-state index in [0.29, 0.717) is 5.75 Å². The topological polar surface area (TPSA) is 61.5 Å². The second-order valence-electron chi connectivity index (χ2n) is 5.21. The van der Waals surface area contributed by atoms with E-state index in [1.54, 1.807) is 26.0 Å². The molecule has 3 atom stereocenters. The largest absolute Gasteiger partial charge is 0.486 e. The molecule has 1 aromatic rings. The van der Waals surface area contributed by atoms with E-state index in [-0.39, 0.29) is 30.2 Å². The molecule has 1 aromatic carbocycles. The molecule has 1 rings (SSSR count). The molecule has 0 saturated heterocycles. The molecule has 0 radical (unpaired) electrons. The van der Waals surface area contributed by atoms with Crippen molar-refractivity contribution >= 4 is 18.4 Å². The minimum Gasteiger partial charge on any atom is -0.486 e. The molecule has 0 aliphatic rings. The Bertz CT molecular complexity index is 437. The van der Waals surface area contributed by atoms with Crippen LogP contribution in [0.2, 0.25) is 0 Å². The molecule has 0 bridgehead atoms. The first kappa shape index (κ1) is 19.7. The zero-order chi connectivity index (χ0) is 15.3. The molecular formula is C15H23ClFNO3. The average molecular weight is 320 g/mol. The first-order valence-electron chi connectivity index (χ1n) is 6.69. The third kappa shape index (κ3) is 6.31. The van der Waals surface area contributed by atoms with Crippen molar-refractivity contribution in [1.29, 1.82) is 0 Å². The van der Waals surface area contributed by atoms with Crippen LogP contribution in [0.15, 0.2) is 24.3 Å². The zero-order valence-corrected chi connectivity index (χ0v) is 13.5. The van der Waals surface area contributed by atoms with Gasteiger partial charge in [0, 0.05) is 0 Å². The molecule has 6 heteroatoms. The first-order valence-corrected chi connectivity index (χ1v) is 6.69. The van der Waals surface area contributed by atoms with Gasteiger partial charge in [-0.05, 0) is 44.0 Å². The van der Waals surface area contributed by atoms with Gasteiger partial charge in [-0.3, -0.25) is 4.79 Å². The molecule has 0 fully saturated rings. The van der Waals surface area contributed by atoms with Crippen LogP contribution in [0.1, 0.15) is 27.7 Å². The second-order valence-corrected chi connectivity index (χ2v) is 5.21. The minimum absolute atomic E-state index is 0. The van der Waals surface area contributed by atoms with Gasteiger partial charge >= 0.3 is 5.97 Å². The smallest absolute Gasteiger partial charge is 0.323 e. The summed E-state index contributed by atoms with van der Waals surface area (Å²) in [6.45, 7) is 7.25. The van der Waals surface area contributed by atoms with Gasteiger partial charge in [0.15, 0.2) is 0 Å². The van der Waals surface area contributed by atoms with Crippen molar-refractivity contribution in [2.75, 3.05) is 0 Å². The number of esters is 1. The van der Waals surface area contributed by atoms with Crippen LogP contribution >= 0.6 is 12.4 Å². The Balaban J connectivity index is 0.00000400. The summed E-state index contributed by atoms with van der Waals surface area (Å²) >= 11 is 0. The van der Waals surface area contributed by atoms with E-state index in [9.17, 15) is 9.18 Å². The summed E-state index contributed by atoms with van der Waals surface area (Å²) in [4.78, 5) is 11.5. The quantitative estimate of drug-likeness (QED) is 0.819. The maximum Gasteiger partial charge on any atom is 0.323 e. The van der Waals surface area contributed by atoms with E-state index in [1.807, 2.05) is 13.8 Å². The van der Waals surface area contributed by atoms with Crippen molar-refractivity contribution < 1.29 is 18.7 Å². The van der Waals surface area contributed by atoms with E-state index < -0.39 is 18.1 Å². The molecule has 0 heterocycles. The van der Waals surface area contributed by atoms with E-state index in [1.165, 1.54) is 12.1 Å². The summed E-state index contributed by atoms with van der Waals surface area (Å²) in [6, 6.07) is 5.07. The number of halogens is 2. The number of carbonyl (C=O) groups excluding carboxylic acids is 1. The molecule has 2 N–H and O–H groups in total. The van der Waals surface area contributed by atoms with E-state index >= 15 is 0 Å². The Morgan fingerprint density at radius 1 is 1.14 bits per heavy atom. The Hall–Kier alpha value is -1.33. The molecule has 0 aromatic heterocycles. The van der Waals surface area contributed by atoms with E-state index in [4.69, 9.17) is 15.2 Å². The van der Waals surface area contributed by atoms with Crippen LogP contribution in [0.4, 0.5) is 4.39 Å². The van der Waals surface area contributed by atoms with Crippen molar-refractivity contribution in [1.82, 2.24) is 0 Å². The molecule has 21 heavy (non-hydrogen) atoms. The molecule has 0 amide bonds. The molecule has 4 nitrogen and oxygen atoms in total. The summed E-state index contributed by atoms with van der Waals surface area (Å²) in [5.41, 5.74) is 5.47. The SMILES string of the molecule is CC(C)[C@@H](Oc1ccc(F)cc1)[C@H](C)OC(=O)[C@H](C)N.Cl. The fourth-order valence-electron chi connectivity index (χ4n) is 1.80. The Morgan fingerprint density at radius 2 is 1.67 bits per heavy atom. The van der Waals surface area contributed by atoms with Crippen molar-refractivity contribution in [2.45, 2.75) is 45.9 Å². The lowest BCUT2D eigenvalue weighted by molar-refractivity contribution is -0.155. The van der Waals surface area contributed by atoms with Gasteiger partial charge in [-0.2, -0.15) is 0 Å². The fourth-order valence-corrected chi connectivity index (χ4v) is 1.80. The van der Waals surface area contributed by atoms with Crippen molar-refractivity contribution in [3.05, 3.63) is 30.1 Å². The fraction of sp³-hybridized carbons (Fsp3) is 0.533. The minimum atomic E-state index is -0.670. The van der Waals surface area contributed by atoms with Gasteiger partial charge in [0.25, 0.3) is 0 Å². The number of nitrogens with two attached hydrogens (primary N) is 1. The normalized spacial score (nSPS) is 14.8. The molecule has 0 saturated carbocycles. The first-order chi connectivity index (χ1) is 9.31. The highest BCUT2D eigenvalue weighted by Crippen LogP contribution is 2.20. The number of hydrogen-bond donors (Lipinski definition) is 1. The highest BCUT2D eigenvalue weighted by atomic mass is 35.5. The molecule has 0 aliphatic carbocycles. The molecule has 0 aliphatic heterocycles. The third-order valence-electron chi connectivity index (χ3n) is 2.88. The lowest BCUT2D eigenvalue weighted by Gasteiger charge is -2.28. The average Bonchev–Trinajstić information content (AvgIpc) is 2.37. The van der Waals surface area contributed by atoms with E-state index in [2.05, 4.69) is 0 Å². The highest BCUT2D eigenvalue weighted by Gasteiger charge is 2.27. The molecule has 120 valence electrons. The number of carbonyl (C=O) groups is 1. The second kappa shape index (κ2) is 8.85. The Kier molecular flexibility index (Phi) is 8.29. The Labute approximate surface area is 131 Å². The number of rotatable bonds is 6. The lowest BCUT2D eigenvalue weighted by atomic mass is 10.0. The lowest BCUT2D eigenvalue weighted by Crippen LogP contribution is -2.41. The van der Waals surface area contributed by atoms with Crippen LogP contribution in [0.5, 0.6) is 5.75 Å². The van der Waals surface area contributed by atoms with Crippen LogP contribution in [0.25, 0.3) is 0 Å². The van der Waals surface area contributed by atoms with Crippen LogP contribution in [-0.2, 0) is 9.53 Å². The van der Waals surface area contributed by atoms with Gasteiger partial charge in [0.1, 0.15) is 29.8 Å². The van der Waals surface area contributed by atoms with Gasteiger partial charge < -0.3 is 15.2 Å². The molecule has 0 unspecified atom stereocenters. The summed E-state index contributed by atoms with van der Waals surface area (Å²) < 4.78 is 23.9. The maximum atomic E-state index is 12.9. The van der Waals surface area contributed by atoms with Crippen molar-refractivity contribution in [2.24, 2.45) is 11.7 Å². The number of hydrogen-bond acceptors (Lipinski definition) is 4. The monoisotopic (exact) mass is 319 g/mol. The zero-order valence-electron chi connectivity index (χ0n) is 12.7. The van der Waals surface area contributed by atoms with E-state index in [0.717, 1.165) is 0 Å². The van der Waals surface area contributed by atoms with Crippen LogP contribution in [0, 0.1) is 11.7 Å². The van der Waals surface area contributed by atoms with Gasteiger partial charge in [-0.1, -0.05) is 13.8 Å². The molecular weight excluding hydrogens is 297 g/mol. The van der Waals surface area contributed by atoms with Crippen LogP contribution in [-0.4, -0.2) is 24.2 Å². The van der Waals surface area contributed by atoms with Crippen molar-refractivity contribution in [3.63, 3.8) is 0 Å². The highest BCUT2D eigenvalue weighted by molar-refractivity contribution is 5.85. The van der Waals surface area contributed by atoms with Gasteiger partial charge in [0.05, 0.1) is 0 Å². The predicted molar refractivity (Wildman–Crippen MR) is 82.1 cm³/mol. The third-order valence-corrected chi connectivity index (χ3v) is 2.88. The summed E-state index contributed by atoms with van der Waals surface area (Å²) in [7, 11) is 0. The van der Waals surface area contributed by atoms with Gasteiger partial charge in [0.2, 0.25) is 0 Å². The summed E-state index contributed by atoms with van der Waals surface area (Å²) in [6.07, 6.45) is -0.776.